The number of hydrogen-bond donors (Lipinski definition) is 1. The monoisotopic (exact) mass is 338 g/mol. The Morgan fingerprint density at radius 1 is 1.35 bits per heavy atom. The van der Waals surface area contributed by atoms with Crippen molar-refractivity contribution in [1.82, 2.24) is 4.90 Å². The van der Waals surface area contributed by atoms with E-state index in [4.69, 9.17) is 10.5 Å². The normalized spacial score (nSPS) is 26.9. The Morgan fingerprint density at radius 2 is 2.15 bits per heavy atom. The zero-order valence-electron chi connectivity index (χ0n) is 12.0. The van der Waals surface area contributed by atoms with Crippen LogP contribution in [0.25, 0.3) is 0 Å². The van der Waals surface area contributed by atoms with Crippen LogP contribution in [0.1, 0.15) is 30.9 Å². The molecule has 1 saturated heterocycles. The lowest BCUT2D eigenvalue weighted by Gasteiger charge is -2.20. The molecular formula is C16H23BrN2O. The first-order valence-electron chi connectivity index (χ1n) is 7.50. The summed E-state index contributed by atoms with van der Waals surface area (Å²) in [6.45, 7) is 2.73. The maximum atomic E-state index is 5.96. The molecule has 1 heterocycles. The second-order valence-corrected chi connectivity index (χ2v) is 7.09. The van der Waals surface area contributed by atoms with Gasteiger partial charge in [0, 0.05) is 12.6 Å². The van der Waals surface area contributed by atoms with Crippen LogP contribution in [0.4, 0.5) is 0 Å². The van der Waals surface area contributed by atoms with E-state index in [0.717, 1.165) is 42.3 Å². The minimum atomic E-state index is 0.472. The summed E-state index contributed by atoms with van der Waals surface area (Å²) in [6.07, 6.45) is 3.79. The molecule has 3 nitrogen and oxygen atoms in total. The molecule has 20 heavy (non-hydrogen) atoms. The van der Waals surface area contributed by atoms with Crippen molar-refractivity contribution >= 4 is 15.9 Å². The Bertz CT molecular complexity index is 476. The van der Waals surface area contributed by atoms with Crippen LogP contribution < -0.4 is 10.5 Å². The number of hydrogen-bond acceptors (Lipinski definition) is 3. The van der Waals surface area contributed by atoms with Gasteiger partial charge in [0.1, 0.15) is 5.75 Å². The van der Waals surface area contributed by atoms with E-state index in [2.05, 4.69) is 46.1 Å². The lowest BCUT2D eigenvalue weighted by molar-refractivity contribution is 0.293. The summed E-state index contributed by atoms with van der Waals surface area (Å²) < 4.78 is 7.01. The Hall–Kier alpha value is -0.580. The highest BCUT2D eigenvalue weighted by molar-refractivity contribution is 9.10. The van der Waals surface area contributed by atoms with Crippen molar-refractivity contribution in [3.8, 4) is 5.75 Å². The molecule has 4 heteroatoms. The Morgan fingerprint density at radius 3 is 2.80 bits per heavy atom. The molecule has 0 radical (unpaired) electrons. The number of likely N-dealkylation sites (tertiary alicyclic amines) is 1. The van der Waals surface area contributed by atoms with E-state index in [9.17, 15) is 0 Å². The van der Waals surface area contributed by atoms with Crippen LogP contribution in [-0.4, -0.2) is 31.6 Å². The van der Waals surface area contributed by atoms with E-state index in [1.165, 1.54) is 18.4 Å². The lowest BCUT2D eigenvalue weighted by atomic mass is 10.00. The van der Waals surface area contributed by atoms with E-state index in [0.29, 0.717) is 12.0 Å². The second-order valence-electron chi connectivity index (χ2n) is 6.24. The minimum Gasteiger partial charge on any atom is -0.492 e. The molecule has 1 saturated carbocycles. The summed E-state index contributed by atoms with van der Waals surface area (Å²) in [5.74, 6) is 2.38. The van der Waals surface area contributed by atoms with Crippen molar-refractivity contribution in [3.63, 3.8) is 0 Å². The van der Waals surface area contributed by atoms with Gasteiger partial charge in [-0.2, -0.15) is 0 Å². The van der Waals surface area contributed by atoms with E-state index in [1.807, 2.05) is 0 Å². The molecule has 1 aromatic rings. The Labute approximate surface area is 129 Å². The summed E-state index contributed by atoms with van der Waals surface area (Å²) in [5.41, 5.74) is 7.16. The number of ether oxygens (including phenoxy) is 1. The van der Waals surface area contributed by atoms with Gasteiger partial charge in [0.15, 0.2) is 0 Å². The molecule has 3 rings (SSSR count). The Kier molecular flexibility index (Phi) is 4.34. The highest BCUT2D eigenvalue weighted by Crippen LogP contribution is 2.38. The van der Waals surface area contributed by atoms with E-state index in [-0.39, 0.29) is 0 Å². The average molecular weight is 339 g/mol. The summed E-state index contributed by atoms with van der Waals surface area (Å²) in [7, 11) is 2.19. The third-order valence-electron chi connectivity index (χ3n) is 4.48. The molecular weight excluding hydrogens is 316 g/mol. The summed E-state index contributed by atoms with van der Waals surface area (Å²) in [4.78, 5) is 2.41. The molecule has 2 atom stereocenters. The molecule has 1 aromatic carbocycles. The quantitative estimate of drug-likeness (QED) is 0.895. The van der Waals surface area contributed by atoms with Gasteiger partial charge in [-0.3, -0.25) is 4.90 Å². The minimum absolute atomic E-state index is 0.472. The molecule has 0 aromatic heterocycles. The second kappa shape index (κ2) is 6.04. The van der Waals surface area contributed by atoms with Crippen molar-refractivity contribution in [1.29, 1.82) is 0 Å². The number of nitrogens with two attached hydrogens (primary N) is 1. The van der Waals surface area contributed by atoms with E-state index >= 15 is 0 Å². The van der Waals surface area contributed by atoms with Crippen molar-refractivity contribution in [2.24, 2.45) is 17.6 Å². The van der Waals surface area contributed by atoms with Gasteiger partial charge in [-0.1, -0.05) is 6.07 Å². The molecule has 2 unspecified atom stereocenters. The Balaban J connectivity index is 1.73. The fourth-order valence-electron chi connectivity index (χ4n) is 3.00. The zero-order chi connectivity index (χ0) is 14.1. The van der Waals surface area contributed by atoms with Crippen molar-refractivity contribution in [2.45, 2.75) is 25.3 Å². The standard InChI is InChI=1S/C16H23BrN2O/c1-19-9-12(8-18)6-15(19)13-4-5-14(17)16(7-13)20-10-11-2-3-11/h4-5,7,11-12,15H,2-3,6,8-10,18H2,1H3. The number of halogens is 1. The van der Waals surface area contributed by atoms with Gasteiger partial charge in [-0.15, -0.1) is 0 Å². The lowest BCUT2D eigenvalue weighted by Crippen LogP contribution is -2.20. The predicted molar refractivity (Wildman–Crippen MR) is 84.9 cm³/mol. The summed E-state index contributed by atoms with van der Waals surface area (Å²) in [5, 5.41) is 0. The van der Waals surface area contributed by atoms with Gasteiger partial charge in [0.05, 0.1) is 11.1 Å². The van der Waals surface area contributed by atoms with Crippen molar-refractivity contribution in [3.05, 3.63) is 28.2 Å². The molecule has 110 valence electrons. The fraction of sp³-hybridized carbons (Fsp3) is 0.625. The molecule has 0 spiro atoms. The molecule has 2 aliphatic rings. The van der Waals surface area contributed by atoms with Crippen LogP contribution in [0.5, 0.6) is 5.75 Å². The number of rotatable bonds is 5. The average Bonchev–Trinajstić information content (AvgIpc) is 3.20. The van der Waals surface area contributed by atoms with Gasteiger partial charge in [0.2, 0.25) is 0 Å². The van der Waals surface area contributed by atoms with E-state index in [1.54, 1.807) is 0 Å². The first-order chi connectivity index (χ1) is 9.67. The van der Waals surface area contributed by atoms with Gasteiger partial charge < -0.3 is 10.5 Å². The third-order valence-corrected chi connectivity index (χ3v) is 5.13. The molecule has 0 amide bonds. The molecule has 1 aliphatic carbocycles. The van der Waals surface area contributed by atoms with E-state index < -0.39 is 0 Å². The van der Waals surface area contributed by atoms with Gasteiger partial charge in [-0.25, -0.2) is 0 Å². The highest BCUT2D eigenvalue weighted by atomic mass is 79.9. The molecule has 1 aliphatic heterocycles. The fourth-order valence-corrected chi connectivity index (χ4v) is 3.36. The van der Waals surface area contributed by atoms with Crippen LogP contribution in [0.2, 0.25) is 0 Å². The third kappa shape index (κ3) is 3.18. The molecule has 2 N–H and O–H groups in total. The maximum Gasteiger partial charge on any atom is 0.133 e. The summed E-state index contributed by atoms with van der Waals surface area (Å²) >= 11 is 3.59. The number of benzene rings is 1. The number of nitrogens with zero attached hydrogens (tertiary/aromatic N) is 1. The topological polar surface area (TPSA) is 38.5 Å². The van der Waals surface area contributed by atoms with Crippen LogP contribution in [-0.2, 0) is 0 Å². The van der Waals surface area contributed by atoms with Crippen molar-refractivity contribution < 1.29 is 4.74 Å². The summed E-state index contributed by atoms with van der Waals surface area (Å²) in [6, 6.07) is 6.99. The van der Waals surface area contributed by atoms with Crippen molar-refractivity contribution in [2.75, 3.05) is 26.7 Å². The first-order valence-corrected chi connectivity index (χ1v) is 8.29. The largest absolute Gasteiger partial charge is 0.492 e. The smallest absolute Gasteiger partial charge is 0.133 e. The highest BCUT2D eigenvalue weighted by Gasteiger charge is 2.30. The van der Waals surface area contributed by atoms with Gasteiger partial charge in [-0.05, 0) is 78.3 Å². The zero-order valence-corrected chi connectivity index (χ0v) is 13.6. The van der Waals surface area contributed by atoms with Gasteiger partial charge >= 0.3 is 0 Å². The predicted octanol–water partition coefficient (Wildman–Crippen LogP) is 3.19. The SMILES string of the molecule is CN1CC(CN)CC1c1ccc(Br)c(OCC2CC2)c1. The van der Waals surface area contributed by atoms with Crippen LogP contribution in [0.3, 0.4) is 0 Å². The molecule has 2 fully saturated rings. The van der Waals surface area contributed by atoms with Gasteiger partial charge in [0.25, 0.3) is 0 Å². The molecule has 0 bridgehead atoms. The maximum absolute atomic E-state index is 5.96. The first kappa shape index (κ1) is 14.4. The van der Waals surface area contributed by atoms with Crippen LogP contribution in [0.15, 0.2) is 22.7 Å². The van der Waals surface area contributed by atoms with Crippen LogP contribution in [0, 0.1) is 11.8 Å². The van der Waals surface area contributed by atoms with Crippen LogP contribution >= 0.6 is 15.9 Å².